The van der Waals surface area contributed by atoms with Crippen molar-refractivity contribution in [2.75, 3.05) is 17.2 Å². The third-order valence-corrected chi connectivity index (χ3v) is 3.53. The highest BCUT2D eigenvalue weighted by atomic mass is 35.5. The molecule has 0 aliphatic rings. The summed E-state index contributed by atoms with van der Waals surface area (Å²) >= 11 is 6.06. The van der Waals surface area contributed by atoms with Crippen LogP contribution in [0.15, 0.2) is 12.1 Å². The number of benzene rings is 1. The summed E-state index contributed by atoms with van der Waals surface area (Å²) in [7, 11) is 0. The van der Waals surface area contributed by atoms with Crippen LogP contribution in [0.4, 0.5) is 29.6 Å². The molecule has 1 aromatic carbocycles. The molecule has 14 heteroatoms. The Morgan fingerprint density at radius 2 is 1.96 bits per heavy atom. The lowest BCUT2D eigenvalue weighted by atomic mass is 10.1. The summed E-state index contributed by atoms with van der Waals surface area (Å²) in [5, 5.41) is 14.5. The lowest BCUT2D eigenvalue weighted by Crippen LogP contribution is -2.22. The van der Waals surface area contributed by atoms with Crippen LogP contribution in [-0.2, 0) is 11.3 Å². The van der Waals surface area contributed by atoms with Crippen molar-refractivity contribution < 1.29 is 32.2 Å². The van der Waals surface area contributed by atoms with E-state index < -0.39 is 34.8 Å². The molecule has 2 rings (SSSR count). The summed E-state index contributed by atoms with van der Waals surface area (Å²) in [6.45, 7) is 3.53. The maximum atomic E-state index is 12.6. The summed E-state index contributed by atoms with van der Waals surface area (Å²) in [4.78, 5) is 24.1. The molecule has 10 nitrogen and oxygen atoms in total. The Bertz CT molecular complexity index is 873. The van der Waals surface area contributed by atoms with E-state index in [4.69, 9.17) is 11.6 Å². The third-order valence-electron chi connectivity index (χ3n) is 3.13. The Morgan fingerprint density at radius 3 is 2.57 bits per heavy atom. The van der Waals surface area contributed by atoms with Gasteiger partial charge in [0.1, 0.15) is 5.69 Å². The molecule has 28 heavy (non-hydrogen) atoms. The molecule has 2 amide bonds. The summed E-state index contributed by atoms with van der Waals surface area (Å²) in [5.74, 6) is -1.64. The molecule has 1 heterocycles. The van der Waals surface area contributed by atoms with E-state index in [9.17, 15) is 22.8 Å². The Labute approximate surface area is 160 Å². The number of halogens is 4. The predicted molar refractivity (Wildman–Crippen MR) is 90.2 cm³/mol. The minimum absolute atomic E-state index is 0.000846. The molecule has 0 unspecified atom stereocenters. The Hall–Kier alpha value is -3.09. The van der Waals surface area contributed by atoms with Crippen LogP contribution in [0.2, 0.25) is 5.02 Å². The van der Waals surface area contributed by atoms with E-state index in [1.165, 1.54) is 11.6 Å². The quantitative estimate of drug-likeness (QED) is 0.733. The maximum absolute atomic E-state index is 12.6. The van der Waals surface area contributed by atoms with Gasteiger partial charge >= 0.3 is 12.5 Å². The van der Waals surface area contributed by atoms with E-state index in [2.05, 4.69) is 30.3 Å². The Kier molecular flexibility index (Phi) is 6.62. The second-order valence-electron chi connectivity index (χ2n) is 4.97. The number of anilines is 2. The molecular weight excluding hydrogens is 409 g/mol. The molecule has 1 aromatic heterocycles. The van der Waals surface area contributed by atoms with Crippen molar-refractivity contribution >= 4 is 35.2 Å². The van der Waals surface area contributed by atoms with Crippen molar-refractivity contribution in [1.29, 1.82) is 0 Å². The summed E-state index contributed by atoms with van der Waals surface area (Å²) in [6, 6.07) is 1.83. The molecule has 2 aromatic rings. The number of tetrazole rings is 1. The zero-order valence-electron chi connectivity index (χ0n) is 14.5. The number of nitrogens with zero attached hydrogens (tertiary/aromatic N) is 4. The minimum Gasteiger partial charge on any atom is -0.450 e. The summed E-state index contributed by atoms with van der Waals surface area (Å²) < 4.78 is 47.6. The number of carbonyl (C=O) groups is 2. The number of aryl methyl sites for hydroxylation is 1. The predicted octanol–water partition coefficient (Wildman–Crippen LogP) is 3.07. The normalized spacial score (nSPS) is 11.1. The zero-order valence-corrected chi connectivity index (χ0v) is 15.3. The number of hydrogen-bond acceptors (Lipinski definition) is 7. The van der Waals surface area contributed by atoms with E-state index >= 15 is 0 Å². The van der Waals surface area contributed by atoms with Crippen LogP contribution < -0.4 is 15.4 Å². The highest BCUT2D eigenvalue weighted by molar-refractivity contribution is 6.37. The fraction of sp³-hybridized carbons (Fsp3) is 0.357. The second kappa shape index (κ2) is 8.73. The van der Waals surface area contributed by atoms with Crippen molar-refractivity contribution in [3.05, 3.63) is 22.7 Å². The average molecular weight is 423 g/mol. The van der Waals surface area contributed by atoms with Gasteiger partial charge in [0.15, 0.2) is 5.75 Å². The van der Waals surface area contributed by atoms with Gasteiger partial charge in [0.25, 0.3) is 5.91 Å². The van der Waals surface area contributed by atoms with Gasteiger partial charge in [-0.05, 0) is 36.4 Å². The van der Waals surface area contributed by atoms with Crippen LogP contribution in [0, 0.1) is 0 Å². The Balaban J connectivity index is 2.39. The first kappa shape index (κ1) is 21.2. The van der Waals surface area contributed by atoms with Crippen LogP contribution in [0.5, 0.6) is 5.75 Å². The Morgan fingerprint density at radius 1 is 1.25 bits per heavy atom. The highest BCUT2D eigenvalue weighted by Gasteiger charge is 2.33. The number of nitrogens with one attached hydrogen (secondary N) is 2. The van der Waals surface area contributed by atoms with Gasteiger partial charge in [0.2, 0.25) is 5.95 Å². The van der Waals surface area contributed by atoms with Gasteiger partial charge in [-0.2, -0.15) is 0 Å². The van der Waals surface area contributed by atoms with Gasteiger partial charge in [0, 0.05) is 6.54 Å². The van der Waals surface area contributed by atoms with Gasteiger partial charge in [0.05, 0.1) is 17.2 Å². The minimum atomic E-state index is -5.05. The van der Waals surface area contributed by atoms with Crippen molar-refractivity contribution in [2.45, 2.75) is 26.8 Å². The molecule has 0 spiro atoms. The number of ether oxygens (including phenoxy) is 2. The van der Waals surface area contributed by atoms with Gasteiger partial charge in [-0.3, -0.25) is 15.4 Å². The zero-order chi connectivity index (χ0) is 20.9. The van der Waals surface area contributed by atoms with Crippen LogP contribution in [0.25, 0.3) is 0 Å². The largest absolute Gasteiger partial charge is 0.573 e. The van der Waals surface area contributed by atoms with E-state index in [0.717, 1.165) is 12.1 Å². The van der Waals surface area contributed by atoms with Crippen molar-refractivity contribution in [2.24, 2.45) is 0 Å². The highest BCUT2D eigenvalue weighted by Crippen LogP contribution is 2.38. The van der Waals surface area contributed by atoms with E-state index in [1.807, 2.05) is 5.32 Å². The van der Waals surface area contributed by atoms with E-state index in [0.29, 0.717) is 6.54 Å². The molecule has 0 aliphatic heterocycles. The number of aromatic nitrogens is 4. The first-order chi connectivity index (χ1) is 13.2. The van der Waals surface area contributed by atoms with Crippen molar-refractivity contribution in [3.63, 3.8) is 0 Å². The molecule has 0 saturated heterocycles. The average Bonchev–Trinajstić information content (AvgIpc) is 3.04. The van der Waals surface area contributed by atoms with Crippen molar-refractivity contribution in [1.82, 2.24) is 20.2 Å². The van der Waals surface area contributed by atoms with Gasteiger partial charge in [-0.25, -0.2) is 9.48 Å². The third kappa shape index (κ3) is 5.22. The molecule has 0 saturated carbocycles. The van der Waals surface area contributed by atoms with Crippen molar-refractivity contribution in [3.8, 4) is 5.75 Å². The fourth-order valence-electron chi connectivity index (χ4n) is 2.01. The second-order valence-corrected chi connectivity index (χ2v) is 5.34. The number of rotatable bonds is 6. The molecule has 0 atom stereocenters. The summed E-state index contributed by atoms with van der Waals surface area (Å²) in [5.41, 5.74) is -0.839. The van der Waals surface area contributed by atoms with E-state index in [-0.39, 0.29) is 18.1 Å². The molecule has 2 N–H and O–H groups in total. The number of amides is 2. The molecular formula is C14H14ClF3N6O4. The molecule has 152 valence electrons. The number of hydrogen-bond donors (Lipinski definition) is 2. The maximum Gasteiger partial charge on any atom is 0.573 e. The molecule has 0 fully saturated rings. The lowest BCUT2D eigenvalue weighted by molar-refractivity contribution is -0.274. The molecule has 0 bridgehead atoms. The first-order valence-corrected chi connectivity index (χ1v) is 8.13. The van der Waals surface area contributed by atoms with Crippen LogP contribution >= 0.6 is 11.6 Å². The fourth-order valence-corrected chi connectivity index (χ4v) is 2.29. The van der Waals surface area contributed by atoms with Crippen LogP contribution in [-0.4, -0.2) is 45.2 Å². The standard InChI is InChI=1S/C14H14ClF3N6O4/c1-3-24-12(21-22-23-24)20-11(25)7-5-6-8(28-14(16,17)18)10(9(7)15)19-13(26)27-4-2/h5-6H,3-4H2,1-2H3,(H,19,26)(H,20,21,23,25). The smallest absolute Gasteiger partial charge is 0.450 e. The van der Waals surface area contributed by atoms with Gasteiger partial charge in [-0.1, -0.05) is 16.7 Å². The summed E-state index contributed by atoms with van der Waals surface area (Å²) in [6.07, 6.45) is -6.13. The van der Waals surface area contributed by atoms with Gasteiger partial charge < -0.3 is 9.47 Å². The molecule has 0 aliphatic carbocycles. The monoisotopic (exact) mass is 422 g/mol. The van der Waals surface area contributed by atoms with Crippen LogP contribution in [0.3, 0.4) is 0 Å². The van der Waals surface area contributed by atoms with Gasteiger partial charge in [-0.15, -0.1) is 13.2 Å². The molecule has 0 radical (unpaired) electrons. The van der Waals surface area contributed by atoms with E-state index in [1.54, 1.807) is 6.92 Å². The lowest BCUT2D eigenvalue weighted by Gasteiger charge is -2.17. The number of alkyl halides is 3. The topological polar surface area (TPSA) is 120 Å². The SMILES string of the molecule is CCOC(=O)Nc1c(OC(F)(F)F)ccc(C(=O)Nc2nnnn2CC)c1Cl. The first-order valence-electron chi connectivity index (χ1n) is 7.75. The van der Waals surface area contributed by atoms with Crippen LogP contribution in [0.1, 0.15) is 24.2 Å². The number of carbonyl (C=O) groups excluding carboxylic acids is 2.